The van der Waals surface area contributed by atoms with E-state index in [0.29, 0.717) is 17.0 Å². The molecule has 1 aliphatic carbocycles. The van der Waals surface area contributed by atoms with Crippen LogP contribution in [0.2, 0.25) is 0 Å². The van der Waals surface area contributed by atoms with Gasteiger partial charge in [0.2, 0.25) is 11.8 Å². The number of hydrogen-bond acceptors (Lipinski definition) is 7. The Hall–Kier alpha value is -4.44. The van der Waals surface area contributed by atoms with Gasteiger partial charge in [-0.2, -0.15) is 0 Å². The molecule has 1 aromatic heterocycles. The summed E-state index contributed by atoms with van der Waals surface area (Å²) in [6.07, 6.45) is 4.74. The summed E-state index contributed by atoms with van der Waals surface area (Å²) >= 11 is 0. The van der Waals surface area contributed by atoms with Crippen molar-refractivity contribution in [2.45, 2.75) is 62.8 Å². The van der Waals surface area contributed by atoms with Gasteiger partial charge in [-0.05, 0) is 51.4 Å². The van der Waals surface area contributed by atoms with Gasteiger partial charge in [-0.3, -0.25) is 14.5 Å². The van der Waals surface area contributed by atoms with Gasteiger partial charge in [0.15, 0.2) is 0 Å². The van der Waals surface area contributed by atoms with Gasteiger partial charge in [0.1, 0.15) is 29.2 Å². The van der Waals surface area contributed by atoms with Crippen LogP contribution in [0, 0.1) is 5.92 Å². The van der Waals surface area contributed by atoms with Crippen LogP contribution < -0.4 is 14.8 Å². The molecule has 3 heterocycles. The van der Waals surface area contributed by atoms with E-state index in [1.165, 1.54) is 0 Å². The molecule has 2 saturated heterocycles. The molecule has 6 rings (SSSR count). The van der Waals surface area contributed by atoms with Crippen molar-refractivity contribution in [2.75, 3.05) is 26.7 Å². The highest BCUT2D eigenvalue weighted by atomic mass is 16.5. The van der Waals surface area contributed by atoms with Gasteiger partial charge in [-0.25, -0.2) is 9.78 Å². The van der Waals surface area contributed by atoms with E-state index >= 15 is 0 Å². The van der Waals surface area contributed by atoms with Crippen molar-refractivity contribution in [1.29, 1.82) is 0 Å². The van der Waals surface area contributed by atoms with Crippen molar-refractivity contribution in [1.82, 2.24) is 20.1 Å². The first-order chi connectivity index (χ1) is 21.7. The standard InChI is InChI=1S/C35H40N4O6/c1-4-24-20-35(24,34(42)43)37-32(40)30-18-26(21-39(30)33(41)22(2)38-15-9-6-10-16-38)45-31-19-28(23-11-7-5-8-12-23)36-29-17-25(44-3)13-14-27(29)31/h4-5,7-8,11-14,17,19,22,24,26,30H,1,6,9-10,15-16,18,20-21H2,2-3H3,(H,37,40)(H,42,43)/t22-,24-,26+,30-,35+/m0/s1. The molecule has 10 nitrogen and oxygen atoms in total. The van der Waals surface area contributed by atoms with Crippen LogP contribution in [0.5, 0.6) is 11.5 Å². The number of amides is 2. The normalized spacial score (nSPS) is 25.4. The zero-order valence-corrected chi connectivity index (χ0v) is 25.8. The lowest BCUT2D eigenvalue weighted by Gasteiger charge is -2.35. The molecular weight excluding hydrogens is 572 g/mol. The number of carboxylic acid groups (broad SMARTS) is 1. The highest BCUT2D eigenvalue weighted by molar-refractivity contribution is 5.95. The summed E-state index contributed by atoms with van der Waals surface area (Å²) in [5.74, 6) is -0.852. The predicted molar refractivity (Wildman–Crippen MR) is 170 cm³/mol. The van der Waals surface area contributed by atoms with Crippen LogP contribution in [0.25, 0.3) is 22.2 Å². The Labute approximate surface area is 263 Å². The molecule has 0 radical (unpaired) electrons. The van der Waals surface area contributed by atoms with E-state index in [4.69, 9.17) is 14.5 Å². The molecule has 236 valence electrons. The van der Waals surface area contributed by atoms with Crippen molar-refractivity contribution in [3.63, 3.8) is 0 Å². The summed E-state index contributed by atoms with van der Waals surface area (Å²) in [6.45, 7) is 7.47. The number of carboxylic acids is 1. The Morgan fingerprint density at radius 1 is 1.11 bits per heavy atom. The molecule has 3 fully saturated rings. The fraction of sp³-hybridized carbons (Fsp3) is 0.429. The van der Waals surface area contributed by atoms with E-state index in [0.717, 1.165) is 49.0 Å². The zero-order valence-electron chi connectivity index (χ0n) is 25.8. The third kappa shape index (κ3) is 5.99. The Bertz CT molecular complexity index is 1610. The molecule has 2 N–H and O–H groups in total. The second kappa shape index (κ2) is 12.5. The molecule has 0 bridgehead atoms. The highest BCUT2D eigenvalue weighted by Gasteiger charge is 2.61. The first-order valence-corrected chi connectivity index (χ1v) is 15.7. The summed E-state index contributed by atoms with van der Waals surface area (Å²) in [5, 5.41) is 13.5. The number of carbonyl (C=O) groups excluding carboxylic acids is 2. The van der Waals surface area contributed by atoms with Gasteiger partial charge in [-0.1, -0.05) is 42.8 Å². The van der Waals surface area contributed by atoms with Crippen molar-refractivity contribution in [3.05, 3.63) is 67.3 Å². The Balaban J connectivity index is 1.31. The van der Waals surface area contributed by atoms with E-state index in [9.17, 15) is 19.5 Å². The smallest absolute Gasteiger partial charge is 0.330 e. The Kier molecular flexibility index (Phi) is 8.50. The lowest BCUT2D eigenvalue weighted by molar-refractivity contribution is -0.146. The monoisotopic (exact) mass is 612 g/mol. The fourth-order valence-electron chi connectivity index (χ4n) is 6.73. The SMILES string of the molecule is C=C[C@H]1C[C@]1(NC(=O)[C@@H]1C[C@@H](Oc2cc(-c3ccccc3)nc3cc(OC)ccc23)CN1C(=O)[C@H](C)N1CCCCC1)C(=O)O. The average molecular weight is 613 g/mol. The number of pyridine rings is 1. The number of methoxy groups -OCH3 is 1. The quantitative estimate of drug-likeness (QED) is 0.326. The Morgan fingerprint density at radius 2 is 1.87 bits per heavy atom. The number of carbonyl (C=O) groups is 3. The summed E-state index contributed by atoms with van der Waals surface area (Å²) in [5.41, 5.74) is 0.939. The first kappa shape index (κ1) is 30.6. The van der Waals surface area contributed by atoms with Crippen LogP contribution in [0.15, 0.2) is 67.3 Å². The molecule has 3 aromatic rings. The van der Waals surface area contributed by atoms with Gasteiger partial charge >= 0.3 is 5.97 Å². The zero-order chi connectivity index (χ0) is 31.7. The van der Waals surface area contributed by atoms with Crippen molar-refractivity contribution >= 4 is 28.7 Å². The minimum Gasteiger partial charge on any atom is -0.497 e. The van der Waals surface area contributed by atoms with Gasteiger partial charge < -0.3 is 24.8 Å². The molecule has 3 aliphatic rings. The van der Waals surface area contributed by atoms with Gasteiger partial charge in [-0.15, -0.1) is 6.58 Å². The molecule has 2 aliphatic heterocycles. The molecule has 1 saturated carbocycles. The number of hydrogen-bond donors (Lipinski definition) is 2. The van der Waals surface area contributed by atoms with Gasteiger partial charge in [0.25, 0.3) is 0 Å². The maximum Gasteiger partial charge on any atom is 0.330 e. The topological polar surface area (TPSA) is 121 Å². The highest BCUT2D eigenvalue weighted by Crippen LogP contribution is 2.45. The van der Waals surface area contributed by atoms with Crippen molar-refractivity contribution < 1.29 is 29.0 Å². The molecule has 0 spiro atoms. The number of nitrogens with zero attached hydrogens (tertiary/aromatic N) is 3. The second-order valence-electron chi connectivity index (χ2n) is 12.3. The summed E-state index contributed by atoms with van der Waals surface area (Å²) < 4.78 is 12.1. The van der Waals surface area contributed by atoms with Crippen LogP contribution in [-0.4, -0.2) is 88.1 Å². The molecule has 45 heavy (non-hydrogen) atoms. The van der Waals surface area contributed by atoms with Crippen molar-refractivity contribution in [2.24, 2.45) is 5.92 Å². The van der Waals surface area contributed by atoms with Crippen LogP contribution >= 0.6 is 0 Å². The number of piperidine rings is 1. The largest absolute Gasteiger partial charge is 0.497 e. The number of fused-ring (bicyclic) bond motifs is 1. The number of likely N-dealkylation sites (tertiary alicyclic amines) is 2. The molecule has 0 unspecified atom stereocenters. The second-order valence-corrected chi connectivity index (χ2v) is 12.3. The third-order valence-corrected chi connectivity index (χ3v) is 9.51. The third-order valence-electron chi connectivity index (χ3n) is 9.51. The van der Waals surface area contributed by atoms with Crippen LogP contribution in [0.3, 0.4) is 0 Å². The van der Waals surface area contributed by atoms with E-state index < -0.39 is 35.6 Å². The molecule has 2 aromatic carbocycles. The maximum atomic E-state index is 14.0. The van der Waals surface area contributed by atoms with E-state index in [1.807, 2.05) is 61.5 Å². The first-order valence-electron chi connectivity index (χ1n) is 15.7. The summed E-state index contributed by atoms with van der Waals surface area (Å²) in [6, 6.07) is 16.0. The molecule has 10 heteroatoms. The number of aliphatic carboxylic acids is 1. The number of nitrogens with one attached hydrogen (secondary N) is 1. The van der Waals surface area contributed by atoms with E-state index in [-0.39, 0.29) is 31.2 Å². The number of rotatable bonds is 10. The minimum atomic E-state index is -1.39. The predicted octanol–water partition coefficient (Wildman–Crippen LogP) is 4.28. The van der Waals surface area contributed by atoms with Gasteiger partial charge in [0.05, 0.1) is 30.9 Å². The van der Waals surface area contributed by atoms with E-state index in [2.05, 4.69) is 16.8 Å². The van der Waals surface area contributed by atoms with Crippen molar-refractivity contribution in [3.8, 4) is 22.8 Å². The lowest BCUT2D eigenvalue weighted by Crippen LogP contribution is -2.56. The number of ether oxygens (including phenoxy) is 2. The van der Waals surface area contributed by atoms with Crippen LogP contribution in [-0.2, 0) is 14.4 Å². The summed E-state index contributed by atoms with van der Waals surface area (Å²) in [7, 11) is 1.60. The number of aromatic nitrogens is 1. The average Bonchev–Trinajstić information content (AvgIpc) is 3.64. The fourth-order valence-corrected chi connectivity index (χ4v) is 6.73. The lowest BCUT2D eigenvalue weighted by atomic mass is 10.1. The maximum absolute atomic E-state index is 14.0. The Morgan fingerprint density at radius 3 is 2.53 bits per heavy atom. The van der Waals surface area contributed by atoms with Crippen LogP contribution in [0.1, 0.15) is 39.0 Å². The van der Waals surface area contributed by atoms with Crippen LogP contribution in [0.4, 0.5) is 0 Å². The van der Waals surface area contributed by atoms with Gasteiger partial charge in [0, 0.05) is 35.4 Å². The minimum absolute atomic E-state index is 0.155. The molecular formula is C35H40N4O6. The van der Waals surface area contributed by atoms with E-state index in [1.54, 1.807) is 18.1 Å². The molecule has 2 amide bonds. The molecule has 5 atom stereocenters. The summed E-state index contributed by atoms with van der Waals surface area (Å²) in [4.78, 5) is 48.6. The number of benzene rings is 2.